The fourth-order valence-corrected chi connectivity index (χ4v) is 6.03. The number of fused-ring (bicyclic) bond motifs is 3. The molecule has 0 bridgehead atoms. The molecule has 0 aromatic heterocycles. The third-order valence-electron chi connectivity index (χ3n) is 7.64. The maximum absolute atomic E-state index is 13.9. The molecule has 1 aromatic carbocycles. The van der Waals surface area contributed by atoms with Crippen LogP contribution >= 0.6 is 0 Å². The van der Waals surface area contributed by atoms with Crippen LogP contribution in [-0.2, 0) is 20.8 Å². The highest BCUT2D eigenvalue weighted by Crippen LogP contribution is 2.54. The monoisotopic (exact) mass is 513 g/mol. The number of Topliss-reactive ketones (excluding diaryl/α,β-unsaturated/α-hetero) is 2. The number of nitrogens with zero attached hydrogens (tertiary/aromatic N) is 2. The van der Waals surface area contributed by atoms with Gasteiger partial charge in [-0.3, -0.25) is 19.3 Å². The summed E-state index contributed by atoms with van der Waals surface area (Å²) in [7, 11) is 6.45. The lowest BCUT2D eigenvalue weighted by atomic mass is 9.56. The van der Waals surface area contributed by atoms with Crippen LogP contribution in [0.5, 0.6) is 5.75 Å². The highest BCUT2D eigenvalue weighted by Gasteiger charge is 2.67. The number of amides is 1. The molecule has 198 valence electrons. The van der Waals surface area contributed by atoms with Gasteiger partial charge in [-0.05, 0) is 39.1 Å². The average molecular weight is 514 g/mol. The molecule has 1 aromatic rings. The summed E-state index contributed by atoms with van der Waals surface area (Å²) in [5, 5.41) is 56.6. The first-order valence-electron chi connectivity index (χ1n) is 11.7. The van der Waals surface area contributed by atoms with Crippen LogP contribution in [0.15, 0.2) is 29.0 Å². The van der Waals surface area contributed by atoms with Crippen molar-refractivity contribution in [2.45, 2.75) is 31.1 Å². The minimum atomic E-state index is -2.93. The highest BCUT2D eigenvalue weighted by molar-refractivity contribution is 6.24. The predicted octanol–water partition coefficient (Wildman–Crippen LogP) is 0.0339. The SMILES string of the molecule is C/C=C/c1cc(N(C)C)c2c(c1O)C(O)=C1C(=O)[C@]3(O)C(O)=C(C(N)=O)C(=O)C(N(C)C)C3C(O)C1C2. The van der Waals surface area contributed by atoms with E-state index in [2.05, 4.69) is 0 Å². The number of allylic oxidation sites excluding steroid dienone is 1. The number of phenols is 1. The number of primary amides is 1. The van der Waals surface area contributed by atoms with E-state index >= 15 is 0 Å². The number of rotatable bonds is 4. The van der Waals surface area contributed by atoms with Gasteiger partial charge in [0.25, 0.3) is 5.91 Å². The summed E-state index contributed by atoms with van der Waals surface area (Å²) in [6, 6.07) is 0.325. The van der Waals surface area contributed by atoms with E-state index in [1.807, 2.05) is 0 Å². The van der Waals surface area contributed by atoms with E-state index in [0.29, 0.717) is 16.8 Å². The Kier molecular flexibility index (Phi) is 6.22. The zero-order chi connectivity index (χ0) is 27.7. The van der Waals surface area contributed by atoms with Gasteiger partial charge in [0.15, 0.2) is 11.4 Å². The van der Waals surface area contributed by atoms with Gasteiger partial charge in [0.05, 0.1) is 23.6 Å². The molecule has 0 aliphatic heterocycles. The van der Waals surface area contributed by atoms with Crippen LogP contribution in [0.4, 0.5) is 5.69 Å². The van der Waals surface area contributed by atoms with Gasteiger partial charge in [0.1, 0.15) is 22.8 Å². The van der Waals surface area contributed by atoms with Gasteiger partial charge in [-0.25, -0.2) is 0 Å². The molecule has 37 heavy (non-hydrogen) atoms. The number of carbonyl (C=O) groups excluding carboxylic acids is 3. The van der Waals surface area contributed by atoms with Crippen molar-refractivity contribution < 1.29 is 39.9 Å². The summed E-state index contributed by atoms with van der Waals surface area (Å²) >= 11 is 0. The smallest absolute Gasteiger partial charge is 0.255 e. The van der Waals surface area contributed by atoms with E-state index in [1.165, 1.54) is 19.0 Å². The number of carbonyl (C=O) groups is 3. The molecular weight excluding hydrogens is 482 g/mol. The van der Waals surface area contributed by atoms with Crippen LogP contribution in [0.1, 0.15) is 23.6 Å². The number of hydrogen-bond donors (Lipinski definition) is 6. The number of nitrogens with two attached hydrogens (primary N) is 1. The van der Waals surface area contributed by atoms with Crippen LogP contribution in [0.25, 0.3) is 11.8 Å². The molecule has 1 fully saturated rings. The molecule has 0 heterocycles. The Morgan fingerprint density at radius 3 is 2.30 bits per heavy atom. The van der Waals surface area contributed by atoms with Crippen molar-refractivity contribution in [3.8, 4) is 5.75 Å². The molecule has 4 unspecified atom stereocenters. The van der Waals surface area contributed by atoms with Crippen molar-refractivity contribution in [1.29, 1.82) is 0 Å². The Hall–Kier alpha value is -3.67. The number of phenolic OH excluding ortho intramolecular Hbond substituents is 1. The van der Waals surface area contributed by atoms with Gasteiger partial charge in [-0.2, -0.15) is 0 Å². The first-order valence-corrected chi connectivity index (χ1v) is 11.7. The third-order valence-corrected chi connectivity index (χ3v) is 7.64. The first-order chi connectivity index (χ1) is 17.2. The fraction of sp³-hybridized carbons (Fsp3) is 0.423. The lowest BCUT2D eigenvalue weighted by Gasteiger charge is -2.52. The predicted molar refractivity (Wildman–Crippen MR) is 135 cm³/mol. The average Bonchev–Trinajstić information content (AvgIpc) is 2.80. The second kappa shape index (κ2) is 8.72. The Bertz CT molecular complexity index is 1330. The highest BCUT2D eigenvalue weighted by atomic mass is 16.4. The van der Waals surface area contributed by atoms with E-state index in [0.717, 1.165) is 0 Å². The Balaban J connectivity index is 2.07. The zero-order valence-corrected chi connectivity index (χ0v) is 21.2. The molecule has 0 radical (unpaired) electrons. The number of aromatic hydroxyl groups is 1. The van der Waals surface area contributed by atoms with E-state index in [4.69, 9.17) is 5.73 Å². The third kappa shape index (κ3) is 3.41. The zero-order valence-electron chi connectivity index (χ0n) is 21.2. The number of hydrogen-bond acceptors (Lipinski definition) is 10. The molecule has 1 amide bonds. The van der Waals surface area contributed by atoms with Crippen molar-refractivity contribution in [2.75, 3.05) is 33.1 Å². The van der Waals surface area contributed by atoms with E-state index in [9.17, 15) is 39.9 Å². The molecule has 4 rings (SSSR count). The molecule has 5 atom stereocenters. The maximum Gasteiger partial charge on any atom is 0.255 e. The number of likely N-dealkylation sites (N-methyl/N-ethyl adjacent to an activating group) is 1. The first kappa shape index (κ1) is 26.4. The van der Waals surface area contributed by atoms with Crippen molar-refractivity contribution in [3.63, 3.8) is 0 Å². The Morgan fingerprint density at radius 1 is 1.16 bits per heavy atom. The second-order valence-corrected chi connectivity index (χ2v) is 10.1. The molecule has 3 aliphatic rings. The molecule has 0 saturated heterocycles. The lowest BCUT2D eigenvalue weighted by Crippen LogP contribution is -2.70. The fourth-order valence-electron chi connectivity index (χ4n) is 6.03. The van der Waals surface area contributed by atoms with E-state index in [-0.39, 0.29) is 17.7 Å². The van der Waals surface area contributed by atoms with E-state index < -0.39 is 69.7 Å². The second-order valence-electron chi connectivity index (χ2n) is 10.1. The van der Waals surface area contributed by atoms with Crippen molar-refractivity contribution >= 4 is 35.0 Å². The van der Waals surface area contributed by atoms with Gasteiger partial charge in [0, 0.05) is 36.8 Å². The summed E-state index contributed by atoms with van der Waals surface area (Å²) < 4.78 is 0. The molecule has 11 nitrogen and oxygen atoms in total. The topological polar surface area (TPSA) is 185 Å². The summed E-state index contributed by atoms with van der Waals surface area (Å²) in [6.07, 6.45) is 1.67. The largest absolute Gasteiger partial charge is 0.508 e. The molecular formula is C26H31N3O8. The minimum absolute atomic E-state index is 0.0209. The van der Waals surface area contributed by atoms with Crippen LogP contribution in [-0.4, -0.2) is 93.8 Å². The summed E-state index contributed by atoms with van der Waals surface area (Å²) in [4.78, 5) is 42.3. The van der Waals surface area contributed by atoms with Crippen molar-refractivity contribution in [3.05, 3.63) is 45.7 Å². The molecule has 7 N–H and O–H groups in total. The van der Waals surface area contributed by atoms with Crippen LogP contribution in [0, 0.1) is 11.8 Å². The van der Waals surface area contributed by atoms with Crippen LogP contribution in [0.3, 0.4) is 0 Å². The number of aliphatic hydroxyl groups is 4. The summed E-state index contributed by atoms with van der Waals surface area (Å²) in [5.41, 5.74) is 2.44. The molecule has 0 spiro atoms. The molecule has 3 aliphatic carbocycles. The minimum Gasteiger partial charge on any atom is -0.508 e. The normalized spacial score (nSPS) is 29.5. The van der Waals surface area contributed by atoms with Crippen LogP contribution < -0.4 is 10.6 Å². The van der Waals surface area contributed by atoms with Gasteiger partial charge in [-0.15, -0.1) is 0 Å². The molecule has 1 saturated carbocycles. The van der Waals surface area contributed by atoms with Crippen molar-refractivity contribution in [2.24, 2.45) is 17.6 Å². The quantitative estimate of drug-likeness (QED) is 0.300. The van der Waals surface area contributed by atoms with Crippen molar-refractivity contribution in [1.82, 2.24) is 4.90 Å². The number of ketones is 2. The van der Waals surface area contributed by atoms with Gasteiger partial charge in [0.2, 0.25) is 5.78 Å². The van der Waals surface area contributed by atoms with Gasteiger partial charge >= 0.3 is 0 Å². The summed E-state index contributed by atoms with van der Waals surface area (Å²) in [6.45, 7) is 1.75. The van der Waals surface area contributed by atoms with Crippen LogP contribution in [0.2, 0.25) is 0 Å². The van der Waals surface area contributed by atoms with E-state index in [1.54, 1.807) is 44.1 Å². The summed E-state index contributed by atoms with van der Waals surface area (Å²) in [5.74, 6) is -8.37. The number of aliphatic hydroxyl groups excluding tert-OH is 3. The number of benzene rings is 1. The molecule has 11 heteroatoms. The number of anilines is 1. The Labute approximate surface area is 213 Å². The van der Waals surface area contributed by atoms with Gasteiger partial charge in [-0.1, -0.05) is 12.2 Å². The Morgan fingerprint density at radius 2 is 1.78 bits per heavy atom. The van der Waals surface area contributed by atoms with Gasteiger partial charge < -0.3 is 36.2 Å². The maximum atomic E-state index is 13.9. The standard InChI is InChI=1S/C26H31N3O8/c1-6-7-10-8-13(28(2)3)11-9-12-15(21(32)14(11)19(10)30)23(34)26(37)17(20(12)31)18(29(4)5)22(33)16(24(26)35)25(27)36/h6-8,12,17-18,20,30-32,35,37H,9H2,1-5H3,(H2,27,36)/b7-6+/t12?,17?,18?,20?,26-/m0/s1. The lowest BCUT2D eigenvalue weighted by molar-refractivity contribution is -0.168.